The first-order chi connectivity index (χ1) is 13.3. The molecule has 0 spiro atoms. The SMILES string of the molecule is Cc1cccc(OCCn2c(CCc3ccccc3)nc3ccccc32)c1. The van der Waals surface area contributed by atoms with E-state index in [9.17, 15) is 0 Å². The summed E-state index contributed by atoms with van der Waals surface area (Å²) in [6.45, 7) is 3.50. The van der Waals surface area contributed by atoms with E-state index < -0.39 is 0 Å². The second-order valence-electron chi connectivity index (χ2n) is 6.82. The van der Waals surface area contributed by atoms with Crippen LogP contribution in [0.25, 0.3) is 11.0 Å². The summed E-state index contributed by atoms with van der Waals surface area (Å²) in [6, 6.07) is 27.1. The second kappa shape index (κ2) is 8.09. The lowest BCUT2D eigenvalue weighted by Crippen LogP contribution is -2.12. The van der Waals surface area contributed by atoms with Gasteiger partial charge in [0.15, 0.2) is 0 Å². The molecule has 136 valence electrons. The van der Waals surface area contributed by atoms with Crippen molar-refractivity contribution in [3.8, 4) is 5.75 Å². The Morgan fingerprint density at radius 3 is 2.52 bits per heavy atom. The maximum atomic E-state index is 5.98. The van der Waals surface area contributed by atoms with Gasteiger partial charge >= 0.3 is 0 Å². The number of para-hydroxylation sites is 2. The van der Waals surface area contributed by atoms with Gasteiger partial charge < -0.3 is 9.30 Å². The Kier molecular flexibility index (Phi) is 5.20. The van der Waals surface area contributed by atoms with E-state index in [0.717, 1.165) is 36.5 Å². The van der Waals surface area contributed by atoms with E-state index in [1.165, 1.54) is 16.6 Å². The van der Waals surface area contributed by atoms with Gasteiger partial charge in [-0.25, -0.2) is 4.98 Å². The van der Waals surface area contributed by atoms with E-state index in [4.69, 9.17) is 9.72 Å². The van der Waals surface area contributed by atoms with Gasteiger partial charge in [-0.3, -0.25) is 0 Å². The van der Waals surface area contributed by atoms with E-state index in [1.807, 2.05) is 18.2 Å². The summed E-state index contributed by atoms with van der Waals surface area (Å²) < 4.78 is 8.28. The van der Waals surface area contributed by atoms with Gasteiger partial charge in [0.1, 0.15) is 18.2 Å². The summed E-state index contributed by atoms with van der Waals surface area (Å²) in [5.41, 5.74) is 4.78. The number of aryl methyl sites for hydroxylation is 3. The molecule has 0 saturated carbocycles. The number of ether oxygens (including phenoxy) is 1. The zero-order valence-electron chi connectivity index (χ0n) is 15.6. The maximum absolute atomic E-state index is 5.98. The lowest BCUT2D eigenvalue weighted by molar-refractivity contribution is 0.298. The smallest absolute Gasteiger partial charge is 0.119 e. The molecule has 27 heavy (non-hydrogen) atoms. The lowest BCUT2D eigenvalue weighted by Gasteiger charge is -2.11. The first-order valence-corrected chi connectivity index (χ1v) is 9.47. The van der Waals surface area contributed by atoms with Crippen molar-refractivity contribution in [2.45, 2.75) is 26.3 Å². The minimum atomic E-state index is 0.627. The van der Waals surface area contributed by atoms with Gasteiger partial charge in [0, 0.05) is 6.42 Å². The number of rotatable bonds is 7. The van der Waals surface area contributed by atoms with Crippen LogP contribution in [0.2, 0.25) is 0 Å². The number of imidazole rings is 1. The Morgan fingerprint density at radius 1 is 0.852 bits per heavy atom. The fraction of sp³-hybridized carbons (Fsp3) is 0.208. The van der Waals surface area contributed by atoms with Crippen molar-refractivity contribution >= 4 is 11.0 Å². The van der Waals surface area contributed by atoms with Crippen molar-refractivity contribution in [2.75, 3.05) is 6.61 Å². The van der Waals surface area contributed by atoms with Crippen molar-refractivity contribution in [1.29, 1.82) is 0 Å². The quantitative estimate of drug-likeness (QED) is 0.454. The third-order valence-electron chi connectivity index (χ3n) is 4.79. The Bertz CT molecular complexity index is 1020. The molecule has 4 rings (SSSR count). The van der Waals surface area contributed by atoms with Crippen molar-refractivity contribution in [3.05, 3.63) is 95.8 Å². The van der Waals surface area contributed by atoms with Crippen LogP contribution in [-0.2, 0) is 19.4 Å². The average Bonchev–Trinajstić information content (AvgIpc) is 3.05. The minimum Gasteiger partial charge on any atom is -0.492 e. The summed E-state index contributed by atoms with van der Waals surface area (Å²) in [5.74, 6) is 2.04. The predicted molar refractivity (Wildman–Crippen MR) is 110 cm³/mol. The Labute approximate surface area is 160 Å². The van der Waals surface area contributed by atoms with E-state index >= 15 is 0 Å². The van der Waals surface area contributed by atoms with Gasteiger partial charge in [-0.05, 0) is 48.7 Å². The van der Waals surface area contributed by atoms with Crippen LogP contribution >= 0.6 is 0 Å². The largest absolute Gasteiger partial charge is 0.492 e. The number of hydrogen-bond acceptors (Lipinski definition) is 2. The molecule has 3 aromatic carbocycles. The number of aromatic nitrogens is 2. The fourth-order valence-corrected chi connectivity index (χ4v) is 3.43. The molecule has 0 radical (unpaired) electrons. The van der Waals surface area contributed by atoms with Crippen molar-refractivity contribution in [1.82, 2.24) is 9.55 Å². The first-order valence-electron chi connectivity index (χ1n) is 9.47. The molecule has 1 heterocycles. The van der Waals surface area contributed by atoms with Crippen molar-refractivity contribution < 1.29 is 4.74 Å². The van der Waals surface area contributed by atoms with Crippen molar-refractivity contribution in [3.63, 3.8) is 0 Å². The van der Waals surface area contributed by atoms with Gasteiger partial charge in [0.05, 0.1) is 17.6 Å². The average molecular weight is 356 g/mol. The number of hydrogen-bond donors (Lipinski definition) is 0. The molecule has 4 aromatic rings. The van der Waals surface area contributed by atoms with Crippen LogP contribution in [0.4, 0.5) is 0 Å². The number of nitrogens with zero attached hydrogens (tertiary/aromatic N) is 2. The molecular formula is C24H24N2O. The van der Waals surface area contributed by atoms with Gasteiger partial charge in [-0.1, -0.05) is 54.6 Å². The number of benzene rings is 3. The first kappa shape index (κ1) is 17.3. The van der Waals surface area contributed by atoms with E-state index in [0.29, 0.717) is 6.61 Å². The summed E-state index contributed by atoms with van der Waals surface area (Å²) in [7, 11) is 0. The van der Waals surface area contributed by atoms with Crippen LogP contribution in [0.3, 0.4) is 0 Å². The molecule has 0 aliphatic rings. The summed E-state index contributed by atoms with van der Waals surface area (Å²) in [6.07, 6.45) is 1.91. The summed E-state index contributed by atoms with van der Waals surface area (Å²) >= 11 is 0. The second-order valence-corrected chi connectivity index (χ2v) is 6.82. The molecule has 3 heteroatoms. The number of fused-ring (bicyclic) bond motifs is 1. The zero-order valence-corrected chi connectivity index (χ0v) is 15.6. The molecule has 0 fully saturated rings. The van der Waals surface area contributed by atoms with Gasteiger partial charge in [-0.15, -0.1) is 0 Å². The summed E-state index contributed by atoms with van der Waals surface area (Å²) in [5, 5.41) is 0. The maximum Gasteiger partial charge on any atom is 0.119 e. The molecule has 3 nitrogen and oxygen atoms in total. The molecule has 0 N–H and O–H groups in total. The van der Waals surface area contributed by atoms with Crippen LogP contribution in [-0.4, -0.2) is 16.2 Å². The van der Waals surface area contributed by atoms with Crippen LogP contribution in [0.5, 0.6) is 5.75 Å². The van der Waals surface area contributed by atoms with Crippen LogP contribution in [0.1, 0.15) is 17.0 Å². The molecule has 0 saturated heterocycles. The van der Waals surface area contributed by atoms with Gasteiger partial charge in [-0.2, -0.15) is 0 Å². The molecule has 0 amide bonds. The van der Waals surface area contributed by atoms with Crippen LogP contribution < -0.4 is 4.74 Å². The predicted octanol–water partition coefficient (Wildman–Crippen LogP) is 5.21. The van der Waals surface area contributed by atoms with Gasteiger partial charge in [0.25, 0.3) is 0 Å². The molecule has 0 atom stereocenters. The molecule has 0 bridgehead atoms. The van der Waals surface area contributed by atoms with Crippen LogP contribution in [0.15, 0.2) is 78.9 Å². The Hall–Kier alpha value is -3.07. The van der Waals surface area contributed by atoms with E-state index in [1.54, 1.807) is 0 Å². The monoisotopic (exact) mass is 356 g/mol. The van der Waals surface area contributed by atoms with E-state index in [-0.39, 0.29) is 0 Å². The molecule has 0 aliphatic heterocycles. The van der Waals surface area contributed by atoms with Gasteiger partial charge in [0.2, 0.25) is 0 Å². The highest BCUT2D eigenvalue weighted by Crippen LogP contribution is 2.18. The highest BCUT2D eigenvalue weighted by atomic mass is 16.5. The lowest BCUT2D eigenvalue weighted by atomic mass is 10.1. The van der Waals surface area contributed by atoms with Crippen molar-refractivity contribution in [2.24, 2.45) is 0 Å². The standard InChI is InChI=1S/C24H24N2O/c1-19-8-7-11-21(18-19)27-17-16-26-23-13-6-5-12-22(23)25-24(26)15-14-20-9-3-2-4-10-20/h2-13,18H,14-17H2,1H3. The topological polar surface area (TPSA) is 27.1 Å². The molecule has 0 unspecified atom stereocenters. The van der Waals surface area contributed by atoms with Crippen LogP contribution in [0, 0.1) is 6.92 Å². The highest BCUT2D eigenvalue weighted by Gasteiger charge is 2.10. The zero-order chi connectivity index (χ0) is 18.5. The van der Waals surface area contributed by atoms with E-state index in [2.05, 4.69) is 72.2 Å². The normalized spacial score (nSPS) is 11.0. The summed E-state index contributed by atoms with van der Waals surface area (Å²) in [4.78, 5) is 4.87. The third-order valence-corrected chi connectivity index (χ3v) is 4.79. The fourth-order valence-electron chi connectivity index (χ4n) is 3.43. The Balaban J connectivity index is 1.51. The molecule has 0 aliphatic carbocycles. The third kappa shape index (κ3) is 4.20. The highest BCUT2D eigenvalue weighted by molar-refractivity contribution is 5.75. The molecular weight excluding hydrogens is 332 g/mol. The molecule has 1 aromatic heterocycles. The Morgan fingerprint density at radius 2 is 1.67 bits per heavy atom. The minimum absolute atomic E-state index is 0.627.